The minimum Gasteiger partial charge on any atom is -0.495 e. The Morgan fingerprint density at radius 2 is 1.90 bits per heavy atom. The predicted molar refractivity (Wildman–Crippen MR) is 78.6 cm³/mol. The average molecular weight is 284 g/mol. The van der Waals surface area contributed by atoms with Crippen molar-refractivity contribution in [1.29, 1.82) is 0 Å². The van der Waals surface area contributed by atoms with Crippen LogP contribution in [0.3, 0.4) is 0 Å². The van der Waals surface area contributed by atoms with E-state index in [4.69, 9.17) is 4.74 Å². The van der Waals surface area contributed by atoms with Gasteiger partial charge < -0.3 is 4.74 Å². The van der Waals surface area contributed by atoms with Crippen LogP contribution in [0.15, 0.2) is 47.3 Å². The Bertz CT molecular complexity index is 887. The van der Waals surface area contributed by atoms with Gasteiger partial charge in [-0.1, -0.05) is 18.2 Å². The lowest BCUT2D eigenvalue weighted by molar-refractivity contribution is 0.412. The van der Waals surface area contributed by atoms with E-state index in [0.717, 1.165) is 0 Å². The van der Waals surface area contributed by atoms with Crippen LogP contribution in [-0.2, 0) is 0 Å². The summed E-state index contributed by atoms with van der Waals surface area (Å²) in [5.74, 6) is 0.427. The fourth-order valence-electron chi connectivity index (χ4n) is 2.40. The number of rotatable bonds is 2. The fourth-order valence-corrected chi connectivity index (χ4v) is 2.40. The van der Waals surface area contributed by atoms with E-state index in [1.165, 1.54) is 23.8 Å². The number of hydrogen-bond donors (Lipinski definition) is 0. The third-order valence-corrected chi connectivity index (χ3v) is 3.34. The molecule has 0 aliphatic heterocycles. The zero-order valence-electron chi connectivity index (χ0n) is 11.6. The van der Waals surface area contributed by atoms with Gasteiger partial charge in [0.15, 0.2) is 0 Å². The smallest absolute Gasteiger partial charge is 0.269 e. The van der Waals surface area contributed by atoms with E-state index in [1.54, 1.807) is 37.3 Å². The van der Waals surface area contributed by atoms with Crippen LogP contribution in [0, 0.1) is 12.7 Å². The molecule has 0 aliphatic rings. The minimum absolute atomic E-state index is 0.0194. The number of aromatic nitrogens is 2. The monoisotopic (exact) mass is 284 g/mol. The molecule has 0 bridgehead atoms. The van der Waals surface area contributed by atoms with Gasteiger partial charge in [0.25, 0.3) is 5.56 Å². The molecular formula is C16H13FN2O2. The molecule has 4 nitrogen and oxygen atoms in total. The Hall–Kier alpha value is -2.69. The summed E-state index contributed by atoms with van der Waals surface area (Å²) in [6.45, 7) is 1.71. The summed E-state index contributed by atoms with van der Waals surface area (Å²) in [4.78, 5) is 17.0. The summed E-state index contributed by atoms with van der Waals surface area (Å²) in [5, 5.41) is -0.0194. The molecule has 0 saturated carbocycles. The second-order valence-electron chi connectivity index (χ2n) is 4.61. The second-order valence-corrected chi connectivity index (χ2v) is 4.61. The number of fused-ring (bicyclic) bond motifs is 1. The van der Waals surface area contributed by atoms with E-state index in [1.807, 2.05) is 0 Å². The number of hydrogen-bond acceptors (Lipinski definition) is 3. The van der Waals surface area contributed by atoms with Crippen LogP contribution >= 0.6 is 0 Å². The molecule has 0 unspecified atom stereocenters. The molecule has 0 saturated heterocycles. The Balaban J connectivity index is 2.44. The minimum atomic E-state index is -0.575. The van der Waals surface area contributed by atoms with Crippen molar-refractivity contribution in [1.82, 2.24) is 9.55 Å². The number of nitrogens with zero attached hydrogens (tertiary/aromatic N) is 2. The third kappa shape index (κ3) is 2.07. The molecule has 5 heteroatoms. The van der Waals surface area contributed by atoms with Crippen molar-refractivity contribution in [3.8, 4) is 11.4 Å². The van der Waals surface area contributed by atoms with Gasteiger partial charge in [-0.25, -0.2) is 9.37 Å². The van der Waals surface area contributed by atoms with E-state index < -0.39 is 11.4 Å². The van der Waals surface area contributed by atoms with Gasteiger partial charge in [-0.05, 0) is 31.2 Å². The maximum absolute atomic E-state index is 14.0. The van der Waals surface area contributed by atoms with Crippen molar-refractivity contribution >= 4 is 10.9 Å². The summed E-state index contributed by atoms with van der Waals surface area (Å²) in [7, 11) is 1.52. The highest BCUT2D eigenvalue weighted by Crippen LogP contribution is 2.23. The van der Waals surface area contributed by atoms with E-state index in [2.05, 4.69) is 4.98 Å². The molecule has 0 fully saturated rings. The topological polar surface area (TPSA) is 44.1 Å². The molecule has 0 aliphatic carbocycles. The highest BCUT2D eigenvalue weighted by Gasteiger charge is 2.15. The average Bonchev–Trinajstić information content (AvgIpc) is 2.47. The molecule has 0 spiro atoms. The van der Waals surface area contributed by atoms with Crippen LogP contribution < -0.4 is 10.3 Å². The number of para-hydroxylation sites is 2. The van der Waals surface area contributed by atoms with E-state index in [-0.39, 0.29) is 5.39 Å². The van der Waals surface area contributed by atoms with Gasteiger partial charge >= 0.3 is 0 Å². The maximum Gasteiger partial charge on any atom is 0.269 e. The lowest BCUT2D eigenvalue weighted by Gasteiger charge is -2.14. The van der Waals surface area contributed by atoms with Gasteiger partial charge in [0.2, 0.25) is 0 Å². The number of ether oxygens (including phenoxy) is 1. The predicted octanol–water partition coefficient (Wildman–Crippen LogP) is 2.84. The van der Waals surface area contributed by atoms with Crippen LogP contribution in [-0.4, -0.2) is 16.7 Å². The quantitative estimate of drug-likeness (QED) is 0.727. The number of halogens is 1. The van der Waals surface area contributed by atoms with Crippen LogP contribution in [0.1, 0.15) is 5.82 Å². The summed E-state index contributed by atoms with van der Waals surface area (Å²) < 4.78 is 20.6. The zero-order chi connectivity index (χ0) is 15.0. The van der Waals surface area contributed by atoms with Crippen molar-refractivity contribution < 1.29 is 9.13 Å². The summed E-state index contributed by atoms with van der Waals surface area (Å²) >= 11 is 0. The Morgan fingerprint density at radius 3 is 2.67 bits per heavy atom. The van der Waals surface area contributed by atoms with E-state index in [9.17, 15) is 9.18 Å². The van der Waals surface area contributed by atoms with Gasteiger partial charge in [-0.3, -0.25) is 9.36 Å². The van der Waals surface area contributed by atoms with Crippen molar-refractivity contribution in [2.45, 2.75) is 6.92 Å². The zero-order valence-corrected chi connectivity index (χ0v) is 11.6. The maximum atomic E-state index is 14.0. The van der Waals surface area contributed by atoms with Crippen LogP contribution in [0.25, 0.3) is 16.6 Å². The lowest BCUT2D eigenvalue weighted by atomic mass is 10.2. The van der Waals surface area contributed by atoms with Crippen LogP contribution in [0.5, 0.6) is 5.75 Å². The molecular weight excluding hydrogens is 271 g/mol. The van der Waals surface area contributed by atoms with Crippen molar-refractivity contribution in [3.63, 3.8) is 0 Å². The molecule has 1 heterocycles. The summed E-state index contributed by atoms with van der Waals surface area (Å²) in [6, 6.07) is 11.5. The van der Waals surface area contributed by atoms with E-state index in [0.29, 0.717) is 22.8 Å². The highest BCUT2D eigenvalue weighted by atomic mass is 19.1. The second kappa shape index (κ2) is 5.01. The molecule has 106 valence electrons. The summed E-state index contributed by atoms with van der Waals surface area (Å²) in [5.41, 5.74) is 0.448. The van der Waals surface area contributed by atoms with E-state index >= 15 is 0 Å². The Labute approximate surface area is 120 Å². The molecule has 0 amide bonds. The van der Waals surface area contributed by atoms with Gasteiger partial charge in [0, 0.05) is 0 Å². The van der Waals surface area contributed by atoms with Gasteiger partial charge in [0.05, 0.1) is 18.3 Å². The standard InChI is InChI=1S/C16H13FN2O2/c1-10-18-12-7-5-6-11(17)15(12)16(20)19(10)13-8-3-4-9-14(13)21-2/h3-9H,1-2H3. The summed E-state index contributed by atoms with van der Waals surface area (Å²) in [6.07, 6.45) is 0. The Morgan fingerprint density at radius 1 is 1.14 bits per heavy atom. The molecule has 1 aromatic heterocycles. The fraction of sp³-hybridized carbons (Fsp3) is 0.125. The Kier molecular flexibility index (Phi) is 3.17. The first-order valence-electron chi connectivity index (χ1n) is 6.44. The first-order valence-corrected chi connectivity index (χ1v) is 6.44. The van der Waals surface area contributed by atoms with Gasteiger partial charge in [-0.15, -0.1) is 0 Å². The first-order chi connectivity index (χ1) is 10.1. The lowest BCUT2D eigenvalue weighted by Crippen LogP contribution is -2.23. The van der Waals surface area contributed by atoms with Crippen LogP contribution in [0.4, 0.5) is 4.39 Å². The molecule has 3 aromatic rings. The SMILES string of the molecule is COc1ccccc1-n1c(C)nc2cccc(F)c2c1=O. The number of benzene rings is 2. The van der Waals surface area contributed by atoms with Gasteiger partial charge in [0.1, 0.15) is 22.8 Å². The molecule has 2 aromatic carbocycles. The highest BCUT2D eigenvalue weighted by molar-refractivity contribution is 5.78. The molecule has 0 radical (unpaired) electrons. The van der Waals surface area contributed by atoms with Crippen LogP contribution in [0.2, 0.25) is 0 Å². The van der Waals surface area contributed by atoms with Gasteiger partial charge in [-0.2, -0.15) is 0 Å². The third-order valence-electron chi connectivity index (χ3n) is 3.34. The largest absolute Gasteiger partial charge is 0.495 e. The first kappa shape index (κ1) is 13.3. The number of methoxy groups -OCH3 is 1. The normalized spacial score (nSPS) is 10.8. The van der Waals surface area contributed by atoms with Crippen molar-refractivity contribution in [3.05, 3.63) is 64.5 Å². The molecule has 0 atom stereocenters. The molecule has 21 heavy (non-hydrogen) atoms. The van der Waals surface area contributed by atoms with Crippen molar-refractivity contribution in [2.75, 3.05) is 7.11 Å². The number of aryl methyl sites for hydroxylation is 1. The molecule has 0 N–H and O–H groups in total. The molecule has 3 rings (SSSR count). The van der Waals surface area contributed by atoms with Crippen molar-refractivity contribution in [2.24, 2.45) is 0 Å².